The molecule has 0 spiro atoms. The number of rotatable bonds is 48. The molecule has 0 aromatic heterocycles. The van der Waals surface area contributed by atoms with Gasteiger partial charge in [0.2, 0.25) is 5.91 Å². The number of hydrogen-bond donors (Lipinski definition) is 6. The Kier molecular flexibility index (Phi) is 45.6. The van der Waals surface area contributed by atoms with E-state index in [1.807, 2.05) is 6.08 Å². The molecule has 9 heteroatoms. The largest absolute Gasteiger partial charge is 0.394 e. The highest BCUT2D eigenvalue weighted by atomic mass is 16.7. The molecule has 0 aromatic carbocycles. The van der Waals surface area contributed by atoms with E-state index in [2.05, 4.69) is 67.8 Å². The Morgan fingerprint density at radius 1 is 0.500 bits per heavy atom. The van der Waals surface area contributed by atoms with Crippen molar-refractivity contribution < 1.29 is 39.8 Å². The van der Waals surface area contributed by atoms with Crippen molar-refractivity contribution in [2.24, 2.45) is 0 Å². The Bertz CT molecular complexity index is 1250. The number of ether oxygens (including phenoxy) is 2. The standard InChI is InChI=1S/C59H107NO8/c1-3-5-7-9-11-13-15-17-19-21-23-24-25-26-27-28-29-31-32-34-36-38-40-42-44-46-48-53(62)52(51-67-59-58(66)57(65)56(64)54(50-61)68-59)60-55(63)49-47-45-43-41-39-37-35-33-30-22-20-18-16-14-12-10-8-6-4-2/h12,14,18,20,31-32,38,40,46,48,52-54,56-59,61-62,64-66H,3-11,13,15-17,19,21-30,33-37,39,41-45,47,49-51H2,1-2H3,(H,60,63)/b14-12-,20-18-,32-31+,40-38+,48-46+. The summed E-state index contributed by atoms with van der Waals surface area (Å²) in [6.07, 6.45) is 58.6. The molecule has 1 rings (SSSR count). The first kappa shape index (κ1) is 63.9. The Morgan fingerprint density at radius 2 is 0.882 bits per heavy atom. The second-order valence-electron chi connectivity index (χ2n) is 19.7. The summed E-state index contributed by atoms with van der Waals surface area (Å²) < 4.78 is 11.2. The second-order valence-corrected chi connectivity index (χ2v) is 19.7. The Labute approximate surface area is 417 Å². The average Bonchev–Trinajstić information content (AvgIpc) is 3.34. The maximum atomic E-state index is 13.0. The van der Waals surface area contributed by atoms with Gasteiger partial charge in [-0.1, -0.05) is 229 Å². The molecular weight excluding hydrogens is 851 g/mol. The summed E-state index contributed by atoms with van der Waals surface area (Å²) in [6, 6.07) is -0.833. The summed E-state index contributed by atoms with van der Waals surface area (Å²) in [5, 5.41) is 54.4. The van der Waals surface area contributed by atoms with Gasteiger partial charge in [-0.3, -0.25) is 4.79 Å². The fourth-order valence-electron chi connectivity index (χ4n) is 8.75. The van der Waals surface area contributed by atoms with Crippen molar-refractivity contribution in [3.8, 4) is 0 Å². The van der Waals surface area contributed by atoms with Gasteiger partial charge in [-0.15, -0.1) is 0 Å². The summed E-state index contributed by atoms with van der Waals surface area (Å²) in [5.41, 5.74) is 0. The number of nitrogens with one attached hydrogen (secondary N) is 1. The molecule has 0 saturated carbocycles. The van der Waals surface area contributed by atoms with Crippen LogP contribution in [0.5, 0.6) is 0 Å². The molecule has 7 unspecified atom stereocenters. The van der Waals surface area contributed by atoms with Gasteiger partial charge >= 0.3 is 0 Å². The van der Waals surface area contributed by atoms with Crippen molar-refractivity contribution >= 4 is 5.91 Å². The van der Waals surface area contributed by atoms with Gasteiger partial charge in [0.1, 0.15) is 24.4 Å². The van der Waals surface area contributed by atoms with Crippen molar-refractivity contribution in [3.63, 3.8) is 0 Å². The minimum absolute atomic E-state index is 0.195. The lowest BCUT2D eigenvalue weighted by atomic mass is 9.99. The van der Waals surface area contributed by atoms with E-state index in [1.54, 1.807) is 6.08 Å². The van der Waals surface area contributed by atoms with Crippen LogP contribution in [0.25, 0.3) is 0 Å². The fraction of sp³-hybridized carbons (Fsp3) is 0.814. The molecule has 0 aliphatic carbocycles. The van der Waals surface area contributed by atoms with E-state index < -0.39 is 49.5 Å². The monoisotopic (exact) mass is 958 g/mol. The number of allylic oxidation sites excluding steroid dienone is 9. The van der Waals surface area contributed by atoms with Crippen molar-refractivity contribution in [1.29, 1.82) is 0 Å². The zero-order valence-corrected chi connectivity index (χ0v) is 43.9. The highest BCUT2D eigenvalue weighted by Crippen LogP contribution is 2.23. The Balaban J connectivity index is 2.28. The number of carbonyl (C=O) groups is 1. The van der Waals surface area contributed by atoms with Crippen LogP contribution in [0.3, 0.4) is 0 Å². The van der Waals surface area contributed by atoms with E-state index in [4.69, 9.17) is 9.47 Å². The van der Waals surface area contributed by atoms with Crippen LogP contribution in [-0.4, -0.2) is 87.5 Å². The quantitative estimate of drug-likeness (QED) is 0.0261. The fourth-order valence-corrected chi connectivity index (χ4v) is 8.75. The van der Waals surface area contributed by atoms with Crippen LogP contribution >= 0.6 is 0 Å². The van der Waals surface area contributed by atoms with E-state index in [0.29, 0.717) is 6.42 Å². The lowest BCUT2D eigenvalue weighted by molar-refractivity contribution is -0.302. The number of hydrogen-bond acceptors (Lipinski definition) is 8. The van der Waals surface area contributed by atoms with Crippen LogP contribution < -0.4 is 5.32 Å². The van der Waals surface area contributed by atoms with Gasteiger partial charge in [-0.2, -0.15) is 0 Å². The van der Waals surface area contributed by atoms with E-state index in [-0.39, 0.29) is 12.5 Å². The molecule has 0 bridgehead atoms. The molecule has 1 heterocycles. The van der Waals surface area contributed by atoms with Gasteiger partial charge in [-0.25, -0.2) is 0 Å². The smallest absolute Gasteiger partial charge is 0.220 e. The Hall–Kier alpha value is -2.11. The van der Waals surface area contributed by atoms with E-state index in [1.165, 1.54) is 167 Å². The highest BCUT2D eigenvalue weighted by molar-refractivity contribution is 5.76. The van der Waals surface area contributed by atoms with Crippen LogP contribution in [0.1, 0.15) is 251 Å². The van der Waals surface area contributed by atoms with Gasteiger partial charge in [0, 0.05) is 6.42 Å². The molecule has 0 aromatic rings. The SMILES string of the molecule is CCCCC/C=C\C/C=C\CCCCCCCCCCCC(=O)NC(COC1OC(CO)C(O)C(O)C1O)C(O)/C=C/CC/C=C/CC/C=C/CCCCCCCCCCCCCCCCCC. The maximum Gasteiger partial charge on any atom is 0.220 e. The number of unbranched alkanes of at least 4 members (excludes halogenated alkanes) is 30. The van der Waals surface area contributed by atoms with Crippen LogP contribution in [0.2, 0.25) is 0 Å². The van der Waals surface area contributed by atoms with E-state index >= 15 is 0 Å². The number of amides is 1. The molecule has 6 N–H and O–H groups in total. The number of carbonyl (C=O) groups excluding carboxylic acids is 1. The van der Waals surface area contributed by atoms with Crippen LogP contribution in [0, 0.1) is 0 Å². The highest BCUT2D eigenvalue weighted by Gasteiger charge is 2.44. The summed E-state index contributed by atoms with van der Waals surface area (Å²) in [5.74, 6) is -0.195. The Morgan fingerprint density at radius 3 is 1.35 bits per heavy atom. The topological polar surface area (TPSA) is 149 Å². The molecule has 396 valence electrons. The van der Waals surface area contributed by atoms with Gasteiger partial charge in [0.25, 0.3) is 0 Å². The van der Waals surface area contributed by atoms with E-state index in [0.717, 1.165) is 64.2 Å². The molecule has 1 saturated heterocycles. The minimum Gasteiger partial charge on any atom is -0.394 e. The van der Waals surface area contributed by atoms with Gasteiger partial charge in [0.15, 0.2) is 6.29 Å². The minimum atomic E-state index is -1.58. The lowest BCUT2D eigenvalue weighted by Crippen LogP contribution is -2.60. The normalized spacial score (nSPS) is 20.0. The molecule has 7 atom stereocenters. The number of aliphatic hydroxyl groups excluding tert-OH is 5. The van der Waals surface area contributed by atoms with E-state index in [9.17, 15) is 30.3 Å². The zero-order chi connectivity index (χ0) is 49.4. The van der Waals surface area contributed by atoms with Crippen LogP contribution in [-0.2, 0) is 14.3 Å². The van der Waals surface area contributed by atoms with Crippen LogP contribution in [0.4, 0.5) is 0 Å². The summed E-state index contributed by atoms with van der Waals surface area (Å²) >= 11 is 0. The summed E-state index contributed by atoms with van der Waals surface area (Å²) in [6.45, 7) is 3.74. The first-order valence-electron chi connectivity index (χ1n) is 28.5. The van der Waals surface area contributed by atoms with Crippen molar-refractivity contribution in [1.82, 2.24) is 5.32 Å². The molecule has 1 fully saturated rings. The molecule has 9 nitrogen and oxygen atoms in total. The third-order valence-corrected chi connectivity index (χ3v) is 13.3. The maximum absolute atomic E-state index is 13.0. The van der Waals surface area contributed by atoms with Crippen molar-refractivity contribution in [3.05, 3.63) is 60.8 Å². The second kappa shape index (κ2) is 48.5. The molecule has 68 heavy (non-hydrogen) atoms. The average molecular weight is 959 g/mol. The first-order chi connectivity index (χ1) is 33.3. The van der Waals surface area contributed by atoms with Gasteiger partial charge < -0.3 is 40.3 Å². The zero-order valence-electron chi connectivity index (χ0n) is 43.9. The molecule has 1 aliphatic rings. The lowest BCUT2D eigenvalue weighted by Gasteiger charge is -2.40. The molecule has 0 radical (unpaired) electrons. The van der Waals surface area contributed by atoms with Gasteiger partial charge in [0.05, 0.1) is 25.4 Å². The third kappa shape index (κ3) is 37.7. The third-order valence-electron chi connectivity index (χ3n) is 13.3. The predicted octanol–water partition coefficient (Wildman–Crippen LogP) is 13.9. The predicted molar refractivity (Wildman–Crippen MR) is 286 cm³/mol. The molecular formula is C59H107NO8. The van der Waals surface area contributed by atoms with Crippen molar-refractivity contribution in [2.45, 2.75) is 294 Å². The summed E-state index contributed by atoms with van der Waals surface area (Å²) in [7, 11) is 0. The van der Waals surface area contributed by atoms with Crippen molar-refractivity contribution in [2.75, 3.05) is 13.2 Å². The number of aliphatic hydroxyl groups is 5. The van der Waals surface area contributed by atoms with Gasteiger partial charge in [-0.05, 0) is 77.0 Å². The molecule has 1 aliphatic heterocycles. The first-order valence-corrected chi connectivity index (χ1v) is 28.5. The van der Waals surface area contributed by atoms with Crippen LogP contribution in [0.15, 0.2) is 60.8 Å². The summed E-state index contributed by atoms with van der Waals surface area (Å²) in [4.78, 5) is 13.0. The molecule has 1 amide bonds.